The number of carbonyl (C=O) groups excluding carboxylic acids is 1. The maximum absolute atomic E-state index is 11.9. The number of ether oxygens (including phenoxy) is 2. The number of hydroxylamine groups is 1. The van der Waals surface area contributed by atoms with Gasteiger partial charge in [-0.1, -0.05) is 32.0 Å². The number of anilines is 1. The number of carbonyl (C=O) groups is 1. The summed E-state index contributed by atoms with van der Waals surface area (Å²) in [5, 5.41) is 29.7. The second kappa shape index (κ2) is 15.3. The molecule has 39 heavy (non-hydrogen) atoms. The van der Waals surface area contributed by atoms with E-state index in [-0.39, 0.29) is 36.4 Å². The predicted molar refractivity (Wildman–Crippen MR) is 144 cm³/mol. The summed E-state index contributed by atoms with van der Waals surface area (Å²) in [4.78, 5) is 30.7. The number of hydrogen-bond acceptors (Lipinski definition) is 11. The number of benzene rings is 2. The van der Waals surface area contributed by atoms with E-state index >= 15 is 0 Å². The van der Waals surface area contributed by atoms with Gasteiger partial charge < -0.3 is 19.7 Å². The Bertz CT molecular complexity index is 1210. The van der Waals surface area contributed by atoms with Crippen molar-refractivity contribution in [2.24, 2.45) is 10.2 Å². The van der Waals surface area contributed by atoms with E-state index in [0.29, 0.717) is 24.9 Å². The number of nitrogens with one attached hydrogen (secondary N) is 3. The Hall–Kier alpha value is -4.20. The van der Waals surface area contributed by atoms with E-state index in [0.717, 1.165) is 49.1 Å². The van der Waals surface area contributed by atoms with Crippen LogP contribution in [0, 0.1) is 15.5 Å². The third-order valence-corrected chi connectivity index (χ3v) is 5.94. The van der Waals surface area contributed by atoms with Gasteiger partial charge >= 0.3 is 5.69 Å². The minimum absolute atomic E-state index is 0.00669. The van der Waals surface area contributed by atoms with Gasteiger partial charge in [-0.3, -0.25) is 25.2 Å². The van der Waals surface area contributed by atoms with Gasteiger partial charge in [0.1, 0.15) is 13.2 Å². The summed E-state index contributed by atoms with van der Waals surface area (Å²) in [5.74, 6) is -0.175. The topological polar surface area (TPSA) is 164 Å². The summed E-state index contributed by atoms with van der Waals surface area (Å²) in [5.41, 5.74) is 5.32. The highest BCUT2D eigenvalue weighted by atomic mass is 16.6. The average molecular weight is 540 g/mol. The monoisotopic (exact) mass is 539 g/mol. The number of amides is 1. The van der Waals surface area contributed by atoms with E-state index in [1.807, 2.05) is 12.1 Å². The number of nitrogens with zero attached hydrogens (tertiary/aromatic N) is 4. The molecule has 2 aromatic rings. The summed E-state index contributed by atoms with van der Waals surface area (Å²) < 4.78 is 10.5. The summed E-state index contributed by atoms with van der Waals surface area (Å²) in [6.07, 6.45) is 2.95. The quantitative estimate of drug-likeness (QED) is 0.0501. The molecular formula is C26H33N7O6. The number of hydrogen-bond donors (Lipinski definition) is 3. The Morgan fingerprint density at radius 1 is 1.26 bits per heavy atom. The first-order valence-electron chi connectivity index (χ1n) is 12.6. The first-order valence-corrected chi connectivity index (χ1v) is 12.6. The second-order valence-electron chi connectivity index (χ2n) is 8.52. The molecule has 208 valence electrons. The molecule has 0 bridgehead atoms. The van der Waals surface area contributed by atoms with Crippen LogP contribution in [0.5, 0.6) is 0 Å². The summed E-state index contributed by atoms with van der Waals surface area (Å²) in [7, 11) is 0. The molecule has 3 N–H and O–H groups in total. The third kappa shape index (κ3) is 8.95. The smallest absolute Gasteiger partial charge is 0.302 e. The highest BCUT2D eigenvalue weighted by molar-refractivity contribution is 5.99. The van der Waals surface area contributed by atoms with E-state index in [9.17, 15) is 14.9 Å². The van der Waals surface area contributed by atoms with Gasteiger partial charge in [-0.25, -0.2) is 5.48 Å². The fraction of sp³-hybridized carbons (Fsp3) is 0.385. The Labute approximate surface area is 226 Å². The maximum atomic E-state index is 11.9. The van der Waals surface area contributed by atoms with Crippen LogP contribution in [0.1, 0.15) is 37.0 Å². The predicted octanol–water partition coefficient (Wildman–Crippen LogP) is 4.57. The van der Waals surface area contributed by atoms with Gasteiger partial charge in [-0.2, -0.15) is 0 Å². The van der Waals surface area contributed by atoms with Crippen LogP contribution in [0.15, 0.2) is 58.8 Å². The fourth-order valence-corrected chi connectivity index (χ4v) is 3.89. The zero-order valence-electron chi connectivity index (χ0n) is 22.0. The van der Waals surface area contributed by atoms with Crippen LogP contribution in [0.25, 0.3) is 0 Å². The lowest BCUT2D eigenvalue weighted by atomic mass is 10.1. The molecule has 1 heterocycles. The molecule has 0 atom stereocenters. The molecule has 0 aliphatic carbocycles. The third-order valence-electron chi connectivity index (χ3n) is 5.94. The summed E-state index contributed by atoms with van der Waals surface area (Å²) >= 11 is 0. The van der Waals surface area contributed by atoms with Crippen molar-refractivity contribution in [1.29, 1.82) is 5.41 Å². The normalized spacial score (nSPS) is 13.0. The molecule has 0 fully saturated rings. The molecule has 1 aliphatic heterocycles. The zero-order valence-corrected chi connectivity index (χ0v) is 22.0. The number of nitro benzene ring substituents is 1. The first kappa shape index (κ1) is 29.4. The molecule has 1 aliphatic rings. The van der Waals surface area contributed by atoms with Crippen molar-refractivity contribution in [3.63, 3.8) is 0 Å². The number of para-hydroxylation sites is 1. The van der Waals surface area contributed by atoms with Crippen LogP contribution in [-0.2, 0) is 38.7 Å². The fourth-order valence-electron chi connectivity index (χ4n) is 3.89. The van der Waals surface area contributed by atoms with Crippen LogP contribution in [0.4, 0.5) is 17.1 Å². The molecule has 2 aromatic carbocycles. The molecule has 0 spiro atoms. The average Bonchev–Trinajstić information content (AvgIpc) is 3.31. The van der Waals surface area contributed by atoms with E-state index in [1.165, 1.54) is 6.07 Å². The lowest BCUT2D eigenvalue weighted by Gasteiger charge is -2.17. The highest BCUT2D eigenvalue weighted by Gasteiger charge is 2.20. The van der Waals surface area contributed by atoms with Gasteiger partial charge in [0, 0.05) is 12.2 Å². The van der Waals surface area contributed by atoms with Crippen LogP contribution < -0.4 is 10.8 Å². The second-order valence-corrected chi connectivity index (χ2v) is 8.52. The van der Waals surface area contributed by atoms with Crippen molar-refractivity contribution in [2.75, 3.05) is 31.5 Å². The number of rotatable bonds is 17. The van der Waals surface area contributed by atoms with Gasteiger partial charge in [0.25, 0.3) is 5.88 Å². The summed E-state index contributed by atoms with van der Waals surface area (Å²) in [6, 6.07) is 10.1. The molecule has 0 saturated carbocycles. The molecule has 0 unspecified atom stereocenters. The van der Waals surface area contributed by atoms with Crippen molar-refractivity contribution < 1.29 is 24.0 Å². The number of fused-ring (bicyclic) bond motifs is 1. The lowest BCUT2D eigenvalue weighted by molar-refractivity contribution is -0.385. The van der Waals surface area contributed by atoms with Crippen LogP contribution in [0.2, 0.25) is 0 Å². The Kier molecular flexibility index (Phi) is 11.5. The van der Waals surface area contributed by atoms with Gasteiger partial charge in [0.15, 0.2) is 18.4 Å². The number of nitro groups is 1. The SMILES string of the molecule is CCN(CC)CCCNOCc1cccc(N=N/C(=C\OC=N)OCc2ccc3c(c2)NC(=O)C3)c1[N+](=O)[O-]. The maximum Gasteiger partial charge on any atom is 0.302 e. The molecular weight excluding hydrogens is 506 g/mol. The van der Waals surface area contributed by atoms with E-state index < -0.39 is 4.92 Å². The van der Waals surface area contributed by atoms with Crippen molar-refractivity contribution >= 4 is 29.4 Å². The van der Waals surface area contributed by atoms with Crippen molar-refractivity contribution in [3.05, 3.63) is 75.3 Å². The van der Waals surface area contributed by atoms with Crippen molar-refractivity contribution in [3.8, 4) is 0 Å². The Morgan fingerprint density at radius 3 is 2.82 bits per heavy atom. The molecule has 0 radical (unpaired) electrons. The van der Waals surface area contributed by atoms with Crippen LogP contribution in [0.3, 0.4) is 0 Å². The van der Waals surface area contributed by atoms with Gasteiger partial charge in [0.05, 0.1) is 16.9 Å². The largest absolute Gasteiger partial charge is 0.470 e. The summed E-state index contributed by atoms with van der Waals surface area (Å²) in [6.45, 7) is 7.75. The molecule has 0 aromatic heterocycles. The number of azo groups is 1. The molecule has 1 amide bonds. The Morgan fingerprint density at radius 2 is 2.08 bits per heavy atom. The molecule has 0 saturated heterocycles. The molecule has 13 heteroatoms. The van der Waals surface area contributed by atoms with Gasteiger partial charge in [0.2, 0.25) is 5.91 Å². The molecule has 13 nitrogen and oxygen atoms in total. The lowest BCUT2D eigenvalue weighted by Crippen LogP contribution is -2.27. The molecule has 3 rings (SSSR count). The van der Waals surface area contributed by atoms with Crippen LogP contribution in [-0.4, -0.2) is 48.3 Å². The van der Waals surface area contributed by atoms with Gasteiger partial charge in [-0.05, 0) is 55.4 Å². The zero-order chi connectivity index (χ0) is 28.0. The highest BCUT2D eigenvalue weighted by Crippen LogP contribution is 2.32. The minimum Gasteiger partial charge on any atom is -0.470 e. The first-order chi connectivity index (χ1) is 18.9. The van der Waals surface area contributed by atoms with Crippen molar-refractivity contribution in [1.82, 2.24) is 10.4 Å². The van der Waals surface area contributed by atoms with Crippen molar-refractivity contribution in [2.45, 2.75) is 39.9 Å². The van der Waals surface area contributed by atoms with Gasteiger partial charge in [-0.15, -0.1) is 10.2 Å². The Balaban J connectivity index is 1.64. The van der Waals surface area contributed by atoms with E-state index in [1.54, 1.807) is 18.2 Å². The standard InChI is InChI=1S/C26H33N7O6/c1-3-32(4-2)12-6-11-28-39-16-21-7-5-8-22(26(21)33(35)36)30-31-25(17-37-18-27)38-15-19-9-10-20-14-24(34)29-23(20)13-19/h5,7-10,13,17-18,27-28H,3-4,6,11-12,14-16H2,1-2H3,(H,29,34)/b25-17+,27-18?,31-30?. The van der Waals surface area contributed by atoms with E-state index in [4.69, 9.17) is 19.7 Å². The minimum atomic E-state index is -0.537. The van der Waals surface area contributed by atoms with Crippen LogP contribution >= 0.6 is 0 Å². The van der Waals surface area contributed by atoms with E-state index in [2.05, 4.69) is 39.8 Å².